The lowest BCUT2D eigenvalue weighted by Gasteiger charge is -2.24. The first-order valence-corrected chi connectivity index (χ1v) is 14.5. The van der Waals surface area contributed by atoms with Gasteiger partial charge in [0.05, 0.1) is 17.0 Å². The van der Waals surface area contributed by atoms with E-state index in [1.165, 1.54) is 6.07 Å². The number of rotatable bonds is 12. The molecule has 238 valence electrons. The van der Waals surface area contributed by atoms with Crippen molar-refractivity contribution in [2.24, 2.45) is 0 Å². The fourth-order valence-corrected chi connectivity index (χ4v) is 4.86. The number of aromatic nitrogens is 4. The molecule has 0 aliphatic heterocycles. The Morgan fingerprint density at radius 1 is 0.872 bits per heavy atom. The van der Waals surface area contributed by atoms with Crippen LogP contribution >= 0.6 is 0 Å². The van der Waals surface area contributed by atoms with Crippen LogP contribution in [0.5, 0.6) is 0 Å². The van der Waals surface area contributed by atoms with Gasteiger partial charge in [-0.2, -0.15) is 5.21 Å². The highest BCUT2D eigenvalue weighted by Gasteiger charge is 2.29. The number of benzene rings is 4. The van der Waals surface area contributed by atoms with Crippen molar-refractivity contribution in [2.75, 3.05) is 5.32 Å². The van der Waals surface area contributed by atoms with Crippen LogP contribution in [-0.4, -0.2) is 60.5 Å². The number of hydrogen-bond acceptors (Lipinski definition) is 9. The molecule has 5 N–H and O–H groups in total. The third-order valence-corrected chi connectivity index (χ3v) is 7.30. The minimum Gasteiger partial charge on any atom is -0.381 e. The molecule has 47 heavy (non-hydrogen) atoms. The van der Waals surface area contributed by atoms with Crippen molar-refractivity contribution in [3.63, 3.8) is 0 Å². The van der Waals surface area contributed by atoms with Gasteiger partial charge in [0.1, 0.15) is 0 Å². The number of non-ortho nitro benzene ring substituents is 1. The zero-order chi connectivity index (χ0) is 33.3. The van der Waals surface area contributed by atoms with E-state index in [0.717, 1.165) is 17.7 Å². The van der Waals surface area contributed by atoms with Gasteiger partial charge >= 0.3 is 0 Å². The Bertz CT molecular complexity index is 1870. The lowest BCUT2D eigenvalue weighted by Crippen LogP contribution is -2.50. The van der Waals surface area contributed by atoms with Crippen LogP contribution in [0.2, 0.25) is 0 Å². The molecule has 14 nitrogen and oxygen atoms in total. The van der Waals surface area contributed by atoms with Gasteiger partial charge in [0.15, 0.2) is 6.10 Å². The number of nitro benzene ring substituents is 1. The van der Waals surface area contributed by atoms with Gasteiger partial charge in [0.2, 0.25) is 5.82 Å². The van der Waals surface area contributed by atoms with Crippen molar-refractivity contribution >= 4 is 29.1 Å². The van der Waals surface area contributed by atoms with E-state index in [0.29, 0.717) is 22.6 Å². The fourth-order valence-electron chi connectivity index (χ4n) is 4.86. The van der Waals surface area contributed by atoms with E-state index in [1.807, 2.05) is 30.3 Å². The lowest BCUT2D eigenvalue weighted by atomic mass is 9.99. The maximum Gasteiger partial charge on any atom is 0.271 e. The van der Waals surface area contributed by atoms with Crippen LogP contribution < -0.4 is 16.0 Å². The van der Waals surface area contributed by atoms with Crippen LogP contribution in [0.1, 0.15) is 44.8 Å². The van der Waals surface area contributed by atoms with Crippen LogP contribution in [0, 0.1) is 10.1 Å². The van der Waals surface area contributed by atoms with Crippen LogP contribution in [0.15, 0.2) is 103 Å². The van der Waals surface area contributed by atoms with Gasteiger partial charge in [-0.25, -0.2) is 0 Å². The number of H-pyrrole nitrogens is 1. The molecule has 4 aromatic carbocycles. The predicted molar refractivity (Wildman–Crippen MR) is 171 cm³/mol. The summed E-state index contributed by atoms with van der Waals surface area (Å²) in [7, 11) is 0. The molecule has 0 spiro atoms. The number of aliphatic hydroxyl groups is 1. The van der Waals surface area contributed by atoms with Gasteiger partial charge in [-0.3, -0.25) is 24.5 Å². The van der Waals surface area contributed by atoms with E-state index < -0.39 is 46.5 Å². The molecule has 0 saturated heterocycles. The molecule has 3 atom stereocenters. The van der Waals surface area contributed by atoms with Crippen molar-refractivity contribution < 1.29 is 24.4 Å². The minimum absolute atomic E-state index is 0.0426. The summed E-state index contributed by atoms with van der Waals surface area (Å²) in [6.45, 7) is 1.76. The van der Waals surface area contributed by atoms with Crippen LogP contribution in [0.3, 0.4) is 0 Å². The number of anilines is 1. The Morgan fingerprint density at radius 2 is 1.53 bits per heavy atom. The monoisotopic (exact) mass is 634 g/mol. The largest absolute Gasteiger partial charge is 0.381 e. The fraction of sp³-hybridized carbons (Fsp3) is 0.152. The van der Waals surface area contributed by atoms with Crippen molar-refractivity contribution in [1.29, 1.82) is 0 Å². The molecule has 0 unspecified atom stereocenters. The van der Waals surface area contributed by atoms with Crippen LogP contribution in [0.25, 0.3) is 11.4 Å². The second-order valence-electron chi connectivity index (χ2n) is 10.7. The van der Waals surface area contributed by atoms with E-state index in [9.17, 15) is 29.6 Å². The third kappa shape index (κ3) is 8.26. The first kappa shape index (κ1) is 32.1. The average molecular weight is 635 g/mol. The highest BCUT2D eigenvalue weighted by Crippen LogP contribution is 2.21. The molecule has 5 rings (SSSR count). The molecular formula is C33H30N8O6. The Labute approximate surface area is 268 Å². The van der Waals surface area contributed by atoms with E-state index >= 15 is 0 Å². The summed E-state index contributed by atoms with van der Waals surface area (Å²) < 4.78 is 0. The third-order valence-electron chi connectivity index (χ3n) is 7.30. The summed E-state index contributed by atoms with van der Waals surface area (Å²) in [5.74, 6) is -1.96. The Kier molecular flexibility index (Phi) is 10.0. The highest BCUT2D eigenvalue weighted by molar-refractivity contribution is 6.01. The molecule has 5 aromatic rings. The number of amides is 3. The Balaban J connectivity index is 1.37. The van der Waals surface area contributed by atoms with Gasteiger partial charge < -0.3 is 21.1 Å². The first-order chi connectivity index (χ1) is 22.7. The summed E-state index contributed by atoms with van der Waals surface area (Å²) in [4.78, 5) is 51.0. The summed E-state index contributed by atoms with van der Waals surface area (Å²) in [5, 5.41) is 44.7. The molecule has 0 aliphatic carbocycles. The van der Waals surface area contributed by atoms with Gasteiger partial charge in [0, 0.05) is 34.5 Å². The molecule has 1 aromatic heterocycles. The number of carbonyl (C=O) groups is 3. The Hall–Kier alpha value is -6.28. The zero-order valence-electron chi connectivity index (χ0n) is 25.0. The number of aliphatic hydroxyl groups excluding tert-OH is 1. The number of nitrogens with one attached hydrogen (secondary N) is 4. The first-order valence-electron chi connectivity index (χ1n) is 14.5. The lowest BCUT2D eigenvalue weighted by molar-refractivity contribution is -0.384. The van der Waals surface area contributed by atoms with Crippen molar-refractivity contribution in [1.82, 2.24) is 31.3 Å². The minimum atomic E-state index is -1.75. The van der Waals surface area contributed by atoms with Gasteiger partial charge in [-0.15, -0.1) is 10.2 Å². The van der Waals surface area contributed by atoms with Crippen LogP contribution in [0.4, 0.5) is 11.4 Å². The summed E-state index contributed by atoms with van der Waals surface area (Å²) >= 11 is 0. The quantitative estimate of drug-likeness (QED) is 0.100. The molecule has 0 bridgehead atoms. The second-order valence-corrected chi connectivity index (χ2v) is 10.7. The SMILES string of the molecule is C[C@@H](NC(=O)c1cc(C(=O)N[C@@H](Cc2ccccc2)[C@H](O)C(=O)Nc2cccc(-c3nn[nH]n3)c2)cc([N+](=O)[O-])c1)c1ccccc1. The molecule has 0 radical (unpaired) electrons. The maximum atomic E-state index is 13.6. The normalized spacial score (nSPS) is 12.7. The highest BCUT2D eigenvalue weighted by atomic mass is 16.6. The second kappa shape index (κ2) is 14.7. The number of carbonyl (C=O) groups excluding carboxylic acids is 3. The molecule has 14 heteroatoms. The molecule has 0 saturated carbocycles. The number of tetrazole rings is 1. The molecular weight excluding hydrogens is 604 g/mol. The summed E-state index contributed by atoms with van der Waals surface area (Å²) in [5.41, 5.74) is 1.64. The van der Waals surface area contributed by atoms with E-state index in [4.69, 9.17) is 0 Å². The van der Waals surface area contributed by atoms with Gasteiger partial charge in [0.25, 0.3) is 23.4 Å². The maximum absolute atomic E-state index is 13.6. The van der Waals surface area contributed by atoms with Crippen molar-refractivity contribution in [3.05, 3.63) is 135 Å². The number of hydrogen-bond donors (Lipinski definition) is 5. The molecule has 1 heterocycles. The van der Waals surface area contributed by atoms with E-state index in [-0.39, 0.29) is 17.5 Å². The van der Waals surface area contributed by atoms with E-state index in [1.54, 1.807) is 61.5 Å². The number of aromatic amines is 1. The summed E-state index contributed by atoms with van der Waals surface area (Å²) in [6, 6.07) is 26.3. The number of nitrogens with zero attached hydrogens (tertiary/aromatic N) is 4. The smallest absolute Gasteiger partial charge is 0.271 e. The van der Waals surface area contributed by atoms with Gasteiger partial charge in [-0.1, -0.05) is 72.8 Å². The zero-order valence-corrected chi connectivity index (χ0v) is 25.0. The Morgan fingerprint density at radius 3 is 2.17 bits per heavy atom. The van der Waals surface area contributed by atoms with Crippen molar-refractivity contribution in [2.45, 2.75) is 31.5 Å². The standard InChI is InChI=1S/C33H30N8O6/c1-20(22-11-6-3-7-12-22)34-31(43)24-16-25(19-27(18-24)41(46)47)32(44)36-28(15-21-9-4-2-5-10-21)29(42)33(45)35-26-14-8-13-23(17-26)30-37-39-40-38-30/h2-14,16-20,28-29,42H,15H2,1H3,(H,34,43)(H,35,45)(H,36,44)(H,37,38,39,40)/t20-,28+,29+/m1/s1. The molecule has 0 aliphatic rings. The molecule has 0 fully saturated rings. The summed E-state index contributed by atoms with van der Waals surface area (Å²) in [6.07, 6.45) is -1.71. The van der Waals surface area contributed by atoms with E-state index in [2.05, 4.69) is 36.6 Å². The number of nitro groups is 1. The average Bonchev–Trinajstić information content (AvgIpc) is 3.64. The predicted octanol–water partition coefficient (Wildman–Crippen LogP) is 3.61. The van der Waals surface area contributed by atoms with Crippen LogP contribution in [-0.2, 0) is 11.2 Å². The topological polar surface area (TPSA) is 205 Å². The van der Waals surface area contributed by atoms with Gasteiger partial charge in [-0.05, 0) is 47.9 Å². The molecule has 3 amide bonds. The van der Waals surface area contributed by atoms with Crippen molar-refractivity contribution in [3.8, 4) is 11.4 Å².